The summed E-state index contributed by atoms with van der Waals surface area (Å²) in [5.74, 6) is 0. The van der Waals surface area contributed by atoms with Gasteiger partial charge in [0.2, 0.25) is 0 Å². The van der Waals surface area contributed by atoms with Crippen LogP contribution in [0.25, 0.3) is 0 Å². The van der Waals surface area contributed by atoms with Gasteiger partial charge in [-0.1, -0.05) is 161 Å². The molecule has 3 nitrogen and oxygen atoms in total. The number of allylic oxidation sites excluding steroid dienone is 4. The fraction of sp³-hybridized carbons (Fsp3) is 0.909. The monoisotopic (exact) mass is 662 g/mol. The molecule has 0 fully saturated rings. The molecule has 0 rings (SSSR count). The molecule has 3 unspecified atom stereocenters. The van der Waals surface area contributed by atoms with Crippen molar-refractivity contribution in [1.29, 1.82) is 0 Å². The summed E-state index contributed by atoms with van der Waals surface area (Å²) in [4.78, 5) is 2.33. The van der Waals surface area contributed by atoms with Crippen LogP contribution < -0.4 is 0 Å². The zero-order valence-electron chi connectivity index (χ0n) is 33.2. The van der Waals surface area contributed by atoms with Crippen LogP contribution in [0.5, 0.6) is 0 Å². The molecule has 0 saturated carbocycles. The molecule has 0 radical (unpaired) electrons. The summed E-state index contributed by atoms with van der Waals surface area (Å²) in [5.41, 5.74) is 0. The first-order chi connectivity index (χ1) is 23.1. The lowest BCUT2D eigenvalue weighted by Crippen LogP contribution is -2.47. The van der Waals surface area contributed by atoms with Crippen LogP contribution in [0.4, 0.5) is 0 Å². The Labute approximate surface area is 297 Å². The molecule has 0 aliphatic carbocycles. The highest BCUT2D eigenvalue weighted by atomic mass is 16.5. The van der Waals surface area contributed by atoms with Gasteiger partial charge >= 0.3 is 0 Å². The summed E-state index contributed by atoms with van der Waals surface area (Å²) in [6, 6.07) is 0.402. The van der Waals surface area contributed by atoms with E-state index in [1.54, 1.807) is 0 Å². The maximum Gasteiger partial charge on any atom is 0.0988 e. The lowest BCUT2D eigenvalue weighted by molar-refractivity contribution is -0.0971. The maximum absolute atomic E-state index is 6.54. The minimum atomic E-state index is 0.139. The molecule has 3 heteroatoms. The van der Waals surface area contributed by atoms with E-state index in [1.165, 1.54) is 180 Å². The number of nitrogens with zero attached hydrogens (tertiary/aromatic N) is 1. The highest BCUT2D eigenvalue weighted by Gasteiger charge is 2.28. The van der Waals surface area contributed by atoms with Crippen LogP contribution >= 0.6 is 0 Å². The smallest absolute Gasteiger partial charge is 0.0988 e. The first kappa shape index (κ1) is 46.4. The van der Waals surface area contributed by atoms with E-state index in [0.717, 1.165) is 19.6 Å². The number of hydrogen-bond acceptors (Lipinski definition) is 3. The molecule has 0 aliphatic heterocycles. The van der Waals surface area contributed by atoms with Gasteiger partial charge in [-0.15, -0.1) is 0 Å². The number of ether oxygens (including phenoxy) is 2. The van der Waals surface area contributed by atoms with E-state index in [1.807, 2.05) is 0 Å². The number of rotatable bonds is 38. The third kappa shape index (κ3) is 32.3. The van der Waals surface area contributed by atoms with Gasteiger partial charge in [-0.25, -0.2) is 0 Å². The second-order valence-corrected chi connectivity index (χ2v) is 14.7. The average Bonchev–Trinajstić information content (AvgIpc) is 3.06. The minimum Gasteiger partial charge on any atom is -0.376 e. The van der Waals surface area contributed by atoms with Gasteiger partial charge in [0.15, 0.2) is 0 Å². The summed E-state index contributed by atoms with van der Waals surface area (Å²) in [6.45, 7) is 10.8. The van der Waals surface area contributed by atoms with Crippen molar-refractivity contribution in [2.45, 2.75) is 232 Å². The van der Waals surface area contributed by atoms with Gasteiger partial charge in [-0.3, -0.25) is 0 Å². The Bertz CT molecular complexity index is 645. The fourth-order valence-corrected chi connectivity index (χ4v) is 6.73. The van der Waals surface area contributed by atoms with E-state index >= 15 is 0 Å². The lowest BCUT2D eigenvalue weighted by Gasteiger charge is -2.35. The molecule has 0 aliphatic rings. The van der Waals surface area contributed by atoms with Crippen molar-refractivity contribution in [3.63, 3.8) is 0 Å². The first-order valence-electron chi connectivity index (χ1n) is 21.3. The Balaban J connectivity index is 3.88. The van der Waals surface area contributed by atoms with E-state index in [4.69, 9.17) is 9.47 Å². The van der Waals surface area contributed by atoms with E-state index in [9.17, 15) is 0 Å². The molecule has 0 aromatic rings. The van der Waals surface area contributed by atoms with Crippen molar-refractivity contribution in [2.75, 3.05) is 27.3 Å². The minimum absolute atomic E-state index is 0.139. The summed E-state index contributed by atoms with van der Waals surface area (Å²) < 4.78 is 12.9. The van der Waals surface area contributed by atoms with Crippen LogP contribution in [0.2, 0.25) is 0 Å². The van der Waals surface area contributed by atoms with Crippen LogP contribution in [0.15, 0.2) is 24.3 Å². The third-order valence-corrected chi connectivity index (χ3v) is 9.93. The van der Waals surface area contributed by atoms with E-state index in [-0.39, 0.29) is 12.2 Å². The van der Waals surface area contributed by atoms with E-state index in [2.05, 4.69) is 71.0 Å². The Hall–Kier alpha value is -0.640. The number of unbranched alkanes of at least 4 members (excludes halogenated alkanes) is 24. The van der Waals surface area contributed by atoms with Gasteiger partial charge in [0, 0.05) is 19.3 Å². The molecule has 47 heavy (non-hydrogen) atoms. The SMILES string of the molecule is CCCCCCCC/C=C\CCCCCCCCOC(C)C(OCCCCCCCC/C=C\CCCCCCCC)C(CC)N(C)C. The van der Waals surface area contributed by atoms with Crippen molar-refractivity contribution in [1.82, 2.24) is 4.90 Å². The van der Waals surface area contributed by atoms with E-state index < -0.39 is 0 Å². The molecular formula is C44H87NO2. The van der Waals surface area contributed by atoms with Crippen molar-refractivity contribution in [3.05, 3.63) is 24.3 Å². The zero-order valence-corrected chi connectivity index (χ0v) is 33.2. The van der Waals surface area contributed by atoms with E-state index in [0.29, 0.717) is 6.04 Å². The van der Waals surface area contributed by atoms with Crippen LogP contribution in [-0.4, -0.2) is 50.5 Å². The highest BCUT2D eigenvalue weighted by molar-refractivity contribution is 4.83. The molecule has 0 N–H and O–H groups in total. The Morgan fingerprint density at radius 2 is 0.745 bits per heavy atom. The molecule has 280 valence electrons. The predicted octanol–water partition coefficient (Wildman–Crippen LogP) is 14.2. The summed E-state index contributed by atoms with van der Waals surface area (Å²) in [6.07, 6.45) is 48.7. The Morgan fingerprint density at radius 3 is 1.09 bits per heavy atom. The number of likely N-dealkylation sites (N-methyl/N-ethyl adjacent to an activating group) is 1. The molecule has 0 aromatic carbocycles. The third-order valence-electron chi connectivity index (χ3n) is 9.93. The highest BCUT2D eigenvalue weighted by Crippen LogP contribution is 2.18. The van der Waals surface area contributed by atoms with Gasteiger partial charge < -0.3 is 14.4 Å². The van der Waals surface area contributed by atoms with Crippen LogP contribution in [-0.2, 0) is 9.47 Å². The largest absolute Gasteiger partial charge is 0.376 e. The summed E-state index contributed by atoms with van der Waals surface area (Å²) in [5, 5.41) is 0. The summed E-state index contributed by atoms with van der Waals surface area (Å²) in [7, 11) is 4.37. The number of hydrogen-bond donors (Lipinski definition) is 0. The quantitative estimate of drug-likeness (QED) is 0.0485. The van der Waals surface area contributed by atoms with Gasteiger partial charge in [-0.05, 0) is 91.6 Å². The van der Waals surface area contributed by atoms with Gasteiger partial charge in [0.1, 0.15) is 0 Å². The molecular weight excluding hydrogens is 574 g/mol. The molecule has 3 atom stereocenters. The first-order valence-corrected chi connectivity index (χ1v) is 21.3. The van der Waals surface area contributed by atoms with Crippen molar-refractivity contribution in [2.24, 2.45) is 0 Å². The van der Waals surface area contributed by atoms with Crippen molar-refractivity contribution < 1.29 is 9.47 Å². The van der Waals surface area contributed by atoms with Gasteiger partial charge in [0.05, 0.1) is 12.2 Å². The average molecular weight is 662 g/mol. The van der Waals surface area contributed by atoms with Crippen LogP contribution in [0, 0.1) is 0 Å². The molecule has 0 heterocycles. The second-order valence-electron chi connectivity index (χ2n) is 14.7. The molecule has 0 saturated heterocycles. The predicted molar refractivity (Wildman–Crippen MR) is 212 cm³/mol. The topological polar surface area (TPSA) is 21.7 Å². The van der Waals surface area contributed by atoms with Crippen molar-refractivity contribution >= 4 is 0 Å². The normalized spacial score (nSPS) is 14.2. The molecule has 0 spiro atoms. The Morgan fingerprint density at radius 1 is 0.426 bits per heavy atom. The van der Waals surface area contributed by atoms with Crippen LogP contribution in [0.3, 0.4) is 0 Å². The van der Waals surface area contributed by atoms with Gasteiger partial charge in [-0.2, -0.15) is 0 Å². The molecule has 0 amide bonds. The lowest BCUT2D eigenvalue weighted by atomic mass is 10.0. The van der Waals surface area contributed by atoms with Gasteiger partial charge in [0.25, 0.3) is 0 Å². The molecule has 0 bridgehead atoms. The fourth-order valence-electron chi connectivity index (χ4n) is 6.73. The second kappa shape index (κ2) is 38.2. The Kier molecular flexibility index (Phi) is 37.6. The maximum atomic E-state index is 6.54. The zero-order chi connectivity index (χ0) is 34.5. The summed E-state index contributed by atoms with van der Waals surface area (Å²) >= 11 is 0. The van der Waals surface area contributed by atoms with Crippen LogP contribution in [0.1, 0.15) is 214 Å². The standard InChI is InChI=1S/C44H87NO2/c1-7-10-12-14-16-18-20-22-24-26-28-30-32-34-36-38-40-46-42(4)44(43(9-3)45(5)6)47-41-39-37-35-33-31-29-27-25-23-21-19-17-15-13-11-8-2/h22-25,42-44H,7-21,26-41H2,1-6H3/b24-22-,25-23-. The molecule has 0 aromatic heterocycles. The van der Waals surface area contributed by atoms with Crippen molar-refractivity contribution in [3.8, 4) is 0 Å².